The molecule has 9 heteroatoms. The molecule has 3 rings (SSSR count). The van der Waals surface area contributed by atoms with E-state index in [0.717, 1.165) is 24.5 Å². The lowest BCUT2D eigenvalue weighted by molar-refractivity contribution is -0.384. The number of hydrogen-bond acceptors (Lipinski definition) is 7. The van der Waals surface area contributed by atoms with Crippen molar-refractivity contribution in [1.29, 1.82) is 0 Å². The number of hydrazine groups is 1. The maximum Gasteiger partial charge on any atom is 0.293 e. The summed E-state index contributed by atoms with van der Waals surface area (Å²) in [6, 6.07) is 4.92. The Kier molecular flexibility index (Phi) is 3.50. The molecule has 0 bridgehead atoms. The number of nitrogens with zero attached hydrogens (tertiary/aromatic N) is 5. The summed E-state index contributed by atoms with van der Waals surface area (Å²) in [6.07, 6.45) is 1.73. The minimum Gasteiger partial charge on any atom is -0.318 e. The normalized spacial score (nSPS) is 14.7. The Morgan fingerprint density at radius 1 is 1.43 bits per heavy atom. The molecule has 0 saturated heterocycles. The lowest BCUT2D eigenvalue weighted by atomic mass is 10.1. The van der Waals surface area contributed by atoms with Gasteiger partial charge in [-0.05, 0) is 11.6 Å². The highest BCUT2D eigenvalue weighted by Crippen LogP contribution is 2.25. The molecule has 0 radical (unpaired) electrons. The van der Waals surface area contributed by atoms with Crippen LogP contribution in [0.1, 0.15) is 11.4 Å². The van der Waals surface area contributed by atoms with Crippen LogP contribution in [0.15, 0.2) is 24.5 Å². The monoisotopic (exact) mass is 289 g/mol. The summed E-state index contributed by atoms with van der Waals surface area (Å²) in [5.74, 6) is 6.28. The fourth-order valence-electron chi connectivity index (χ4n) is 2.47. The van der Waals surface area contributed by atoms with Crippen molar-refractivity contribution in [1.82, 2.24) is 19.7 Å². The van der Waals surface area contributed by atoms with Gasteiger partial charge in [0.2, 0.25) is 0 Å². The smallest absolute Gasteiger partial charge is 0.293 e. The van der Waals surface area contributed by atoms with E-state index in [1.807, 2.05) is 4.57 Å². The van der Waals surface area contributed by atoms with Gasteiger partial charge in [-0.1, -0.05) is 6.07 Å². The molecule has 0 fully saturated rings. The first-order chi connectivity index (χ1) is 10.2. The number of nitro benzene ring substituents is 1. The molecule has 1 aliphatic rings. The number of nitrogens with one attached hydrogen (secondary N) is 1. The molecule has 0 amide bonds. The maximum absolute atomic E-state index is 10.9. The van der Waals surface area contributed by atoms with E-state index >= 15 is 0 Å². The van der Waals surface area contributed by atoms with E-state index < -0.39 is 4.92 Å². The average molecular weight is 289 g/mol. The maximum atomic E-state index is 10.9. The summed E-state index contributed by atoms with van der Waals surface area (Å²) in [4.78, 5) is 12.6. The third-order valence-electron chi connectivity index (χ3n) is 3.54. The number of hydrogen-bond donors (Lipinski definition) is 2. The van der Waals surface area contributed by atoms with Crippen molar-refractivity contribution in [3.63, 3.8) is 0 Å². The standard InChI is InChI=1S/C12H15N7O2/c13-15-10-5-9(1-2-11(10)19(20)21)6-17-3-4-18-8-14-16-12(18)7-17/h1-2,5,8,15H,3-4,6-7,13H2. The van der Waals surface area contributed by atoms with Crippen LogP contribution in [0, 0.1) is 10.1 Å². The lowest BCUT2D eigenvalue weighted by Gasteiger charge is -2.26. The number of nitrogens with two attached hydrogens (primary N) is 1. The predicted octanol–water partition coefficient (Wildman–Crippen LogP) is 0.488. The first kappa shape index (κ1) is 13.5. The van der Waals surface area contributed by atoms with E-state index in [-0.39, 0.29) is 5.69 Å². The van der Waals surface area contributed by atoms with Crippen molar-refractivity contribution in [2.75, 3.05) is 12.0 Å². The summed E-state index contributed by atoms with van der Waals surface area (Å²) >= 11 is 0. The van der Waals surface area contributed by atoms with Gasteiger partial charge in [-0.25, -0.2) is 0 Å². The molecule has 9 nitrogen and oxygen atoms in total. The zero-order valence-corrected chi connectivity index (χ0v) is 11.3. The number of fused-ring (bicyclic) bond motifs is 1. The van der Waals surface area contributed by atoms with Crippen molar-refractivity contribution in [2.24, 2.45) is 5.84 Å². The highest BCUT2D eigenvalue weighted by Gasteiger charge is 2.19. The first-order valence-electron chi connectivity index (χ1n) is 6.50. The van der Waals surface area contributed by atoms with Crippen LogP contribution in [-0.2, 0) is 19.6 Å². The molecule has 110 valence electrons. The second-order valence-electron chi connectivity index (χ2n) is 4.90. The molecule has 0 atom stereocenters. The summed E-state index contributed by atoms with van der Waals surface area (Å²) < 4.78 is 2.03. The van der Waals surface area contributed by atoms with Crippen molar-refractivity contribution < 1.29 is 4.92 Å². The SMILES string of the molecule is NNc1cc(CN2CCn3cnnc3C2)ccc1[N+](=O)[O-]. The fraction of sp³-hybridized carbons (Fsp3) is 0.333. The molecule has 0 saturated carbocycles. The topological polar surface area (TPSA) is 115 Å². The molecule has 0 spiro atoms. The highest BCUT2D eigenvalue weighted by atomic mass is 16.6. The third kappa shape index (κ3) is 2.69. The van der Waals surface area contributed by atoms with E-state index in [4.69, 9.17) is 5.84 Å². The zero-order chi connectivity index (χ0) is 14.8. The van der Waals surface area contributed by atoms with Gasteiger partial charge in [-0.2, -0.15) is 0 Å². The minimum absolute atomic E-state index is 0.0281. The molecule has 21 heavy (non-hydrogen) atoms. The Balaban J connectivity index is 1.75. The fourth-order valence-corrected chi connectivity index (χ4v) is 2.47. The largest absolute Gasteiger partial charge is 0.318 e. The second kappa shape index (κ2) is 5.46. The van der Waals surface area contributed by atoms with E-state index in [2.05, 4.69) is 20.5 Å². The van der Waals surface area contributed by atoms with E-state index in [1.54, 1.807) is 18.5 Å². The average Bonchev–Trinajstić information content (AvgIpc) is 2.94. The number of anilines is 1. The predicted molar refractivity (Wildman–Crippen MR) is 75.0 cm³/mol. The van der Waals surface area contributed by atoms with Crippen LogP contribution in [0.3, 0.4) is 0 Å². The molecule has 1 aromatic heterocycles. The number of aromatic nitrogens is 3. The highest BCUT2D eigenvalue weighted by molar-refractivity contribution is 5.62. The molecule has 1 aromatic carbocycles. The van der Waals surface area contributed by atoms with Gasteiger partial charge in [0, 0.05) is 25.7 Å². The van der Waals surface area contributed by atoms with Crippen molar-refractivity contribution >= 4 is 11.4 Å². The lowest BCUT2D eigenvalue weighted by Crippen LogP contribution is -2.33. The van der Waals surface area contributed by atoms with Gasteiger partial charge in [-0.3, -0.25) is 20.9 Å². The van der Waals surface area contributed by atoms with Gasteiger partial charge in [0.1, 0.15) is 17.8 Å². The minimum atomic E-state index is -0.456. The van der Waals surface area contributed by atoms with Crippen molar-refractivity contribution in [3.05, 3.63) is 46.0 Å². The molecular formula is C12H15N7O2. The zero-order valence-electron chi connectivity index (χ0n) is 11.3. The van der Waals surface area contributed by atoms with Gasteiger partial charge in [-0.15, -0.1) is 10.2 Å². The van der Waals surface area contributed by atoms with E-state index in [9.17, 15) is 10.1 Å². The van der Waals surface area contributed by atoms with Gasteiger partial charge in [0.25, 0.3) is 5.69 Å². The number of benzene rings is 1. The summed E-state index contributed by atoms with van der Waals surface area (Å²) in [7, 11) is 0. The summed E-state index contributed by atoms with van der Waals surface area (Å²) in [5.41, 5.74) is 3.63. The van der Waals surface area contributed by atoms with Gasteiger partial charge >= 0.3 is 0 Å². The number of nitrogen functional groups attached to an aromatic ring is 1. The van der Waals surface area contributed by atoms with Crippen LogP contribution in [-0.4, -0.2) is 31.1 Å². The summed E-state index contributed by atoms with van der Waals surface area (Å²) in [6.45, 7) is 3.12. The van der Waals surface area contributed by atoms with Crippen LogP contribution in [0.5, 0.6) is 0 Å². The van der Waals surface area contributed by atoms with Crippen LogP contribution in [0.25, 0.3) is 0 Å². The van der Waals surface area contributed by atoms with Gasteiger partial charge in [0.05, 0.1) is 11.5 Å². The van der Waals surface area contributed by atoms with Gasteiger partial charge in [0.15, 0.2) is 0 Å². The van der Waals surface area contributed by atoms with Crippen LogP contribution in [0.4, 0.5) is 11.4 Å². The number of nitro groups is 1. The third-order valence-corrected chi connectivity index (χ3v) is 3.54. The van der Waals surface area contributed by atoms with Crippen molar-refractivity contribution in [3.8, 4) is 0 Å². The quantitative estimate of drug-likeness (QED) is 0.478. The van der Waals surface area contributed by atoms with E-state index in [0.29, 0.717) is 18.8 Å². The number of rotatable bonds is 4. The molecule has 1 aliphatic heterocycles. The van der Waals surface area contributed by atoms with E-state index in [1.165, 1.54) is 6.07 Å². The summed E-state index contributed by atoms with van der Waals surface area (Å²) in [5, 5.41) is 18.8. The first-order valence-corrected chi connectivity index (χ1v) is 6.50. The molecule has 2 aromatic rings. The van der Waals surface area contributed by atoms with Crippen molar-refractivity contribution in [2.45, 2.75) is 19.6 Å². The molecule has 2 heterocycles. The molecule has 3 N–H and O–H groups in total. The second-order valence-corrected chi connectivity index (χ2v) is 4.90. The van der Waals surface area contributed by atoms with Crippen LogP contribution >= 0.6 is 0 Å². The Hall–Kier alpha value is -2.52. The molecular weight excluding hydrogens is 274 g/mol. The Morgan fingerprint density at radius 3 is 3.05 bits per heavy atom. The Labute approximate surface area is 120 Å². The Morgan fingerprint density at radius 2 is 2.29 bits per heavy atom. The van der Waals surface area contributed by atoms with Crippen LogP contribution in [0.2, 0.25) is 0 Å². The van der Waals surface area contributed by atoms with Crippen LogP contribution < -0.4 is 11.3 Å². The van der Waals surface area contributed by atoms with Gasteiger partial charge < -0.3 is 9.99 Å². The Bertz CT molecular complexity index is 669. The molecule has 0 aliphatic carbocycles. The molecule has 0 unspecified atom stereocenters.